The van der Waals surface area contributed by atoms with Gasteiger partial charge in [0, 0.05) is 7.05 Å². The molecule has 172 valence electrons. The fourth-order valence-electron chi connectivity index (χ4n) is 3.50. The van der Waals surface area contributed by atoms with E-state index in [1.807, 2.05) is 67.6 Å². The van der Waals surface area contributed by atoms with Crippen molar-refractivity contribution in [3.63, 3.8) is 0 Å². The second-order valence-electron chi connectivity index (χ2n) is 7.50. The van der Waals surface area contributed by atoms with E-state index in [0.29, 0.717) is 6.42 Å². The third-order valence-corrected chi connectivity index (χ3v) is 5.34. The van der Waals surface area contributed by atoms with E-state index in [1.54, 1.807) is 0 Å². The van der Waals surface area contributed by atoms with Crippen LogP contribution in [0.1, 0.15) is 30.4 Å². The van der Waals surface area contributed by atoms with Gasteiger partial charge in [-0.05, 0) is 17.5 Å². The smallest absolute Gasteiger partial charge is 0.330 e. The lowest BCUT2D eigenvalue weighted by Crippen LogP contribution is -2.41. The molecular weight excluding hydrogens is 424 g/mol. The standard InChI is InChI=1S/C24H26N4O5/c1-3-18(17-12-8-5-9-13-17)23(31)33-15-19(29)27(2)20-21(25)28(24(32)26-22(20)30)14-16-10-6-4-7-11-16/h4-13,18H,3,14-15,25H2,1-2H3,(H,26,30,32). The minimum Gasteiger partial charge on any atom is -0.455 e. The molecule has 1 heterocycles. The molecule has 9 nitrogen and oxygen atoms in total. The highest BCUT2D eigenvalue weighted by Crippen LogP contribution is 2.21. The Labute approximate surface area is 190 Å². The van der Waals surface area contributed by atoms with Crippen molar-refractivity contribution in [3.05, 3.63) is 92.6 Å². The number of esters is 1. The predicted octanol–water partition coefficient (Wildman–Crippen LogP) is 1.87. The van der Waals surface area contributed by atoms with Crippen LogP contribution < -0.4 is 21.9 Å². The molecule has 1 aromatic heterocycles. The van der Waals surface area contributed by atoms with Crippen LogP contribution in [0, 0.1) is 0 Å². The Morgan fingerprint density at radius 2 is 1.67 bits per heavy atom. The number of hydrogen-bond acceptors (Lipinski definition) is 6. The van der Waals surface area contributed by atoms with Gasteiger partial charge in [-0.1, -0.05) is 67.6 Å². The Balaban J connectivity index is 1.77. The first-order chi connectivity index (χ1) is 15.8. The molecule has 2 aromatic carbocycles. The van der Waals surface area contributed by atoms with Gasteiger partial charge in [-0.2, -0.15) is 0 Å². The van der Waals surface area contributed by atoms with E-state index in [-0.39, 0.29) is 18.1 Å². The van der Waals surface area contributed by atoms with Gasteiger partial charge in [-0.15, -0.1) is 0 Å². The zero-order valence-electron chi connectivity index (χ0n) is 18.5. The third-order valence-electron chi connectivity index (χ3n) is 5.34. The van der Waals surface area contributed by atoms with Crippen molar-refractivity contribution in [2.45, 2.75) is 25.8 Å². The number of anilines is 2. The number of amides is 1. The topological polar surface area (TPSA) is 127 Å². The first-order valence-corrected chi connectivity index (χ1v) is 10.5. The van der Waals surface area contributed by atoms with Gasteiger partial charge in [0.15, 0.2) is 12.3 Å². The van der Waals surface area contributed by atoms with E-state index in [9.17, 15) is 19.2 Å². The van der Waals surface area contributed by atoms with E-state index in [1.165, 1.54) is 11.6 Å². The van der Waals surface area contributed by atoms with Crippen LogP contribution in [0.5, 0.6) is 0 Å². The zero-order valence-corrected chi connectivity index (χ0v) is 18.5. The van der Waals surface area contributed by atoms with Gasteiger partial charge in [0.2, 0.25) is 0 Å². The fraction of sp³-hybridized carbons (Fsp3) is 0.250. The Kier molecular flexibility index (Phi) is 7.45. The van der Waals surface area contributed by atoms with Crippen molar-refractivity contribution in [2.24, 2.45) is 0 Å². The molecule has 0 aliphatic rings. The van der Waals surface area contributed by atoms with Gasteiger partial charge in [-0.25, -0.2) is 4.79 Å². The number of nitrogens with two attached hydrogens (primary N) is 1. The summed E-state index contributed by atoms with van der Waals surface area (Å²) < 4.78 is 6.40. The monoisotopic (exact) mass is 450 g/mol. The van der Waals surface area contributed by atoms with Crippen molar-refractivity contribution >= 4 is 23.4 Å². The minimum absolute atomic E-state index is 0.113. The van der Waals surface area contributed by atoms with Crippen molar-refractivity contribution in [1.82, 2.24) is 9.55 Å². The molecule has 3 N–H and O–H groups in total. The molecular formula is C24H26N4O5. The lowest BCUT2D eigenvalue weighted by atomic mass is 9.97. The van der Waals surface area contributed by atoms with Crippen molar-refractivity contribution in [2.75, 3.05) is 24.3 Å². The summed E-state index contributed by atoms with van der Waals surface area (Å²) in [6.45, 7) is 1.39. The van der Waals surface area contributed by atoms with Gasteiger partial charge in [0.1, 0.15) is 5.82 Å². The SMILES string of the molecule is CCC(C(=O)OCC(=O)N(C)c1c(N)n(Cc2ccccc2)c(=O)[nH]c1=O)c1ccccc1. The number of nitrogens with zero attached hydrogens (tertiary/aromatic N) is 2. The lowest BCUT2D eigenvalue weighted by Gasteiger charge is -2.21. The number of aromatic amines is 1. The Morgan fingerprint density at radius 1 is 1.06 bits per heavy atom. The van der Waals surface area contributed by atoms with Crippen molar-refractivity contribution < 1.29 is 14.3 Å². The number of nitrogens with one attached hydrogen (secondary N) is 1. The molecule has 0 saturated carbocycles. The summed E-state index contributed by atoms with van der Waals surface area (Å²) in [5.74, 6) is -1.87. The van der Waals surface area contributed by atoms with E-state index in [2.05, 4.69) is 4.98 Å². The zero-order chi connectivity index (χ0) is 24.0. The second kappa shape index (κ2) is 10.4. The van der Waals surface area contributed by atoms with Crippen molar-refractivity contribution in [1.29, 1.82) is 0 Å². The average Bonchev–Trinajstić information content (AvgIpc) is 2.81. The first-order valence-electron chi connectivity index (χ1n) is 10.5. The molecule has 0 aliphatic heterocycles. The van der Waals surface area contributed by atoms with Crippen molar-refractivity contribution in [3.8, 4) is 0 Å². The van der Waals surface area contributed by atoms with E-state index < -0.39 is 35.7 Å². The summed E-state index contributed by atoms with van der Waals surface area (Å²) in [5.41, 5.74) is 6.01. The van der Waals surface area contributed by atoms with Crippen LogP contribution in [0.4, 0.5) is 11.5 Å². The number of rotatable bonds is 8. The van der Waals surface area contributed by atoms with E-state index >= 15 is 0 Å². The Bertz CT molecular complexity index is 1240. The van der Waals surface area contributed by atoms with Gasteiger partial charge < -0.3 is 15.4 Å². The summed E-state index contributed by atoms with van der Waals surface area (Å²) in [4.78, 5) is 53.2. The fourth-order valence-corrected chi connectivity index (χ4v) is 3.50. The van der Waals surface area contributed by atoms with Crippen LogP contribution in [-0.4, -0.2) is 35.1 Å². The lowest BCUT2D eigenvalue weighted by molar-refractivity contribution is -0.149. The molecule has 3 aromatic rings. The average molecular weight is 450 g/mol. The van der Waals surface area contributed by atoms with Gasteiger partial charge in [0.25, 0.3) is 11.5 Å². The van der Waals surface area contributed by atoms with E-state index in [0.717, 1.165) is 16.0 Å². The maximum atomic E-state index is 12.7. The number of aromatic nitrogens is 2. The molecule has 33 heavy (non-hydrogen) atoms. The highest BCUT2D eigenvalue weighted by molar-refractivity contribution is 5.97. The molecule has 0 bridgehead atoms. The molecule has 0 radical (unpaired) electrons. The maximum Gasteiger partial charge on any atom is 0.330 e. The number of carbonyl (C=O) groups excluding carboxylic acids is 2. The second-order valence-corrected chi connectivity index (χ2v) is 7.50. The molecule has 1 amide bonds. The third kappa shape index (κ3) is 5.38. The Hall–Kier alpha value is -4.14. The van der Waals surface area contributed by atoms with Gasteiger partial charge in [-0.3, -0.25) is 23.9 Å². The molecule has 0 fully saturated rings. The number of ether oxygens (including phenoxy) is 1. The summed E-state index contributed by atoms with van der Waals surface area (Å²) >= 11 is 0. The van der Waals surface area contributed by atoms with Crippen LogP contribution in [0.15, 0.2) is 70.3 Å². The van der Waals surface area contributed by atoms with E-state index in [4.69, 9.17) is 10.5 Å². The first kappa shape index (κ1) is 23.5. The number of hydrogen-bond donors (Lipinski definition) is 2. The summed E-state index contributed by atoms with van der Waals surface area (Å²) in [5, 5.41) is 0. The number of nitrogen functional groups attached to an aromatic ring is 1. The highest BCUT2D eigenvalue weighted by Gasteiger charge is 2.25. The largest absolute Gasteiger partial charge is 0.455 e. The van der Waals surface area contributed by atoms with Crippen LogP contribution in [0.3, 0.4) is 0 Å². The normalized spacial score (nSPS) is 11.6. The highest BCUT2D eigenvalue weighted by atomic mass is 16.5. The molecule has 0 spiro atoms. The van der Waals surface area contributed by atoms with Gasteiger partial charge >= 0.3 is 11.7 Å². The molecule has 0 saturated heterocycles. The van der Waals surface area contributed by atoms with Crippen LogP contribution in [0.2, 0.25) is 0 Å². The van der Waals surface area contributed by atoms with Gasteiger partial charge in [0.05, 0.1) is 12.5 Å². The molecule has 9 heteroatoms. The van der Waals surface area contributed by atoms with Crippen LogP contribution >= 0.6 is 0 Å². The summed E-state index contributed by atoms with van der Waals surface area (Å²) in [6, 6.07) is 18.2. The predicted molar refractivity (Wildman–Crippen MR) is 125 cm³/mol. The van der Waals surface area contributed by atoms with Crippen LogP contribution in [0.25, 0.3) is 0 Å². The molecule has 0 aliphatic carbocycles. The van der Waals surface area contributed by atoms with Crippen LogP contribution in [-0.2, 0) is 20.9 Å². The molecule has 3 rings (SSSR count). The Morgan fingerprint density at radius 3 is 2.27 bits per heavy atom. The number of carbonyl (C=O) groups is 2. The number of likely N-dealkylation sites (N-methyl/N-ethyl adjacent to an activating group) is 1. The summed E-state index contributed by atoms with van der Waals surface area (Å²) in [7, 11) is 1.34. The molecule has 1 unspecified atom stereocenters. The maximum absolute atomic E-state index is 12.7. The quantitative estimate of drug-likeness (QED) is 0.504. The minimum atomic E-state index is -0.806. The molecule has 1 atom stereocenters. The summed E-state index contributed by atoms with van der Waals surface area (Å²) in [6.07, 6.45) is 0.504. The number of H-pyrrole nitrogens is 1. The number of benzene rings is 2.